The highest BCUT2D eigenvalue weighted by Gasteiger charge is 2.44. The van der Waals surface area contributed by atoms with Gasteiger partial charge in [0.15, 0.2) is 0 Å². The Bertz CT molecular complexity index is 488. The molecule has 0 radical (unpaired) electrons. The molecule has 1 aromatic heterocycles. The van der Waals surface area contributed by atoms with Gasteiger partial charge in [-0.05, 0) is 51.4 Å². The standard InChI is InChI=1S/C16H29N5/c1-11-6-5-7-16(9-11,21(3)4)14(20-18)13-8-12(2)10-19-15(13)17/h8,10-11,14,20H,5-7,9,18H2,1-4H3,(H2,17,19). The van der Waals surface area contributed by atoms with Crippen molar-refractivity contribution in [3.63, 3.8) is 0 Å². The van der Waals surface area contributed by atoms with E-state index in [-0.39, 0.29) is 11.6 Å². The zero-order valence-electron chi connectivity index (χ0n) is 13.7. The van der Waals surface area contributed by atoms with E-state index >= 15 is 0 Å². The van der Waals surface area contributed by atoms with Crippen LogP contribution in [0.1, 0.15) is 49.8 Å². The van der Waals surface area contributed by atoms with E-state index in [1.165, 1.54) is 12.8 Å². The highest BCUT2D eigenvalue weighted by molar-refractivity contribution is 5.44. The molecule has 0 spiro atoms. The predicted octanol–water partition coefficient (Wildman–Crippen LogP) is 1.99. The molecule has 0 saturated heterocycles. The Morgan fingerprint density at radius 3 is 2.76 bits per heavy atom. The molecule has 5 heteroatoms. The van der Waals surface area contributed by atoms with Crippen molar-refractivity contribution in [3.05, 3.63) is 23.4 Å². The molecule has 2 rings (SSSR count). The molecular weight excluding hydrogens is 262 g/mol. The molecular formula is C16H29N5. The van der Waals surface area contributed by atoms with Crippen molar-refractivity contribution >= 4 is 5.82 Å². The van der Waals surface area contributed by atoms with Gasteiger partial charge in [-0.15, -0.1) is 0 Å². The van der Waals surface area contributed by atoms with Gasteiger partial charge in [0.2, 0.25) is 0 Å². The van der Waals surface area contributed by atoms with Crippen LogP contribution in [-0.4, -0.2) is 29.5 Å². The molecule has 1 aromatic rings. The Morgan fingerprint density at radius 1 is 1.48 bits per heavy atom. The lowest BCUT2D eigenvalue weighted by atomic mass is 9.69. The number of likely N-dealkylation sites (N-methyl/N-ethyl adjacent to an activating group) is 1. The lowest BCUT2D eigenvalue weighted by Gasteiger charge is -2.50. The van der Waals surface area contributed by atoms with Crippen molar-refractivity contribution in [2.45, 2.75) is 51.1 Å². The van der Waals surface area contributed by atoms with E-state index in [1.54, 1.807) is 6.20 Å². The van der Waals surface area contributed by atoms with E-state index in [0.717, 1.165) is 24.0 Å². The lowest BCUT2D eigenvalue weighted by molar-refractivity contribution is 0.0368. The fraction of sp³-hybridized carbons (Fsp3) is 0.688. The fourth-order valence-electron chi connectivity index (χ4n) is 3.86. The third-order valence-corrected chi connectivity index (χ3v) is 5.00. The molecule has 118 valence electrons. The SMILES string of the molecule is Cc1cnc(N)c(C(NN)C2(N(C)C)CCCC(C)C2)c1. The summed E-state index contributed by atoms with van der Waals surface area (Å²) < 4.78 is 0. The van der Waals surface area contributed by atoms with E-state index in [9.17, 15) is 0 Å². The quantitative estimate of drug-likeness (QED) is 0.584. The number of nitrogens with two attached hydrogens (primary N) is 2. The third kappa shape index (κ3) is 3.05. The summed E-state index contributed by atoms with van der Waals surface area (Å²) in [5, 5.41) is 0. The minimum atomic E-state index is -0.0178. The molecule has 1 aliphatic rings. The van der Waals surface area contributed by atoms with Crippen molar-refractivity contribution in [3.8, 4) is 0 Å². The number of hydrogen-bond donors (Lipinski definition) is 3. The number of hydrazine groups is 1. The molecule has 0 amide bonds. The maximum atomic E-state index is 6.14. The van der Waals surface area contributed by atoms with Crippen molar-refractivity contribution in [1.29, 1.82) is 0 Å². The maximum absolute atomic E-state index is 6.14. The van der Waals surface area contributed by atoms with Crippen LogP contribution in [0, 0.1) is 12.8 Å². The molecule has 0 aromatic carbocycles. The molecule has 1 aliphatic carbocycles. The summed E-state index contributed by atoms with van der Waals surface area (Å²) >= 11 is 0. The Morgan fingerprint density at radius 2 is 2.19 bits per heavy atom. The number of pyridine rings is 1. The number of aromatic nitrogens is 1. The van der Waals surface area contributed by atoms with Gasteiger partial charge in [0, 0.05) is 17.3 Å². The third-order valence-electron chi connectivity index (χ3n) is 5.00. The zero-order chi connectivity index (χ0) is 15.6. The van der Waals surface area contributed by atoms with Gasteiger partial charge < -0.3 is 10.6 Å². The summed E-state index contributed by atoms with van der Waals surface area (Å²) in [6.07, 6.45) is 6.54. The topological polar surface area (TPSA) is 80.2 Å². The summed E-state index contributed by atoms with van der Waals surface area (Å²) in [7, 11) is 4.28. The highest BCUT2D eigenvalue weighted by Crippen LogP contribution is 2.44. The van der Waals surface area contributed by atoms with Crippen LogP contribution in [0.3, 0.4) is 0 Å². The monoisotopic (exact) mass is 291 g/mol. The van der Waals surface area contributed by atoms with Gasteiger partial charge in [0.05, 0.1) is 6.04 Å². The van der Waals surface area contributed by atoms with Crippen LogP contribution in [0.15, 0.2) is 12.3 Å². The van der Waals surface area contributed by atoms with E-state index in [2.05, 4.69) is 42.4 Å². The van der Waals surface area contributed by atoms with Gasteiger partial charge in [-0.25, -0.2) is 4.98 Å². The number of nitrogens with zero attached hydrogens (tertiary/aromatic N) is 2. The second-order valence-corrected chi connectivity index (χ2v) is 6.79. The fourth-order valence-corrected chi connectivity index (χ4v) is 3.86. The van der Waals surface area contributed by atoms with E-state index in [1.807, 2.05) is 6.92 Å². The minimum Gasteiger partial charge on any atom is -0.383 e. The number of anilines is 1. The molecule has 3 atom stereocenters. The first kappa shape index (κ1) is 16.2. The van der Waals surface area contributed by atoms with Crippen LogP contribution < -0.4 is 17.0 Å². The first-order chi connectivity index (χ1) is 9.90. The largest absolute Gasteiger partial charge is 0.383 e. The van der Waals surface area contributed by atoms with Crippen molar-refractivity contribution < 1.29 is 0 Å². The van der Waals surface area contributed by atoms with E-state index in [0.29, 0.717) is 11.7 Å². The molecule has 0 aliphatic heterocycles. The average Bonchev–Trinajstić information content (AvgIpc) is 2.43. The van der Waals surface area contributed by atoms with E-state index in [4.69, 9.17) is 11.6 Å². The summed E-state index contributed by atoms with van der Waals surface area (Å²) in [5.41, 5.74) is 11.3. The van der Waals surface area contributed by atoms with Gasteiger partial charge in [-0.3, -0.25) is 11.3 Å². The Kier molecular flexibility index (Phi) is 4.86. The summed E-state index contributed by atoms with van der Waals surface area (Å²) in [6.45, 7) is 4.36. The van der Waals surface area contributed by atoms with Crippen LogP contribution in [0.25, 0.3) is 0 Å². The predicted molar refractivity (Wildman–Crippen MR) is 87.5 cm³/mol. The molecule has 0 bridgehead atoms. The van der Waals surface area contributed by atoms with Crippen molar-refractivity contribution in [2.24, 2.45) is 11.8 Å². The second kappa shape index (κ2) is 6.30. The molecule has 1 heterocycles. The first-order valence-corrected chi connectivity index (χ1v) is 7.76. The van der Waals surface area contributed by atoms with Crippen LogP contribution in [-0.2, 0) is 0 Å². The van der Waals surface area contributed by atoms with Crippen molar-refractivity contribution in [1.82, 2.24) is 15.3 Å². The minimum absolute atomic E-state index is 0.0114. The van der Waals surface area contributed by atoms with Gasteiger partial charge in [0.25, 0.3) is 0 Å². The maximum Gasteiger partial charge on any atom is 0.128 e. The Balaban J connectivity index is 2.47. The summed E-state index contributed by atoms with van der Waals surface area (Å²) in [4.78, 5) is 6.63. The van der Waals surface area contributed by atoms with Crippen LogP contribution in [0.2, 0.25) is 0 Å². The summed E-state index contributed by atoms with van der Waals surface area (Å²) in [6, 6.07) is 2.10. The zero-order valence-corrected chi connectivity index (χ0v) is 13.7. The smallest absolute Gasteiger partial charge is 0.128 e. The van der Waals surface area contributed by atoms with E-state index < -0.39 is 0 Å². The molecule has 3 unspecified atom stereocenters. The van der Waals surface area contributed by atoms with Crippen LogP contribution in [0.5, 0.6) is 0 Å². The van der Waals surface area contributed by atoms with Gasteiger partial charge in [-0.1, -0.05) is 19.8 Å². The molecule has 5 N–H and O–H groups in total. The normalized spacial score (nSPS) is 27.8. The Labute approximate surface area is 128 Å². The molecule has 1 saturated carbocycles. The molecule has 21 heavy (non-hydrogen) atoms. The number of hydrogen-bond acceptors (Lipinski definition) is 5. The Hall–Kier alpha value is -1.17. The first-order valence-electron chi connectivity index (χ1n) is 7.76. The van der Waals surface area contributed by atoms with Crippen molar-refractivity contribution in [2.75, 3.05) is 19.8 Å². The summed E-state index contributed by atoms with van der Waals surface area (Å²) in [5.74, 6) is 7.23. The molecule has 1 fully saturated rings. The average molecular weight is 291 g/mol. The number of nitrogens with one attached hydrogen (secondary N) is 1. The second-order valence-electron chi connectivity index (χ2n) is 6.79. The van der Waals surface area contributed by atoms with Gasteiger partial charge >= 0.3 is 0 Å². The van der Waals surface area contributed by atoms with Gasteiger partial charge in [-0.2, -0.15) is 0 Å². The number of rotatable bonds is 4. The van der Waals surface area contributed by atoms with Crippen LogP contribution in [0.4, 0.5) is 5.82 Å². The molecule has 5 nitrogen and oxygen atoms in total. The van der Waals surface area contributed by atoms with Crippen LogP contribution >= 0.6 is 0 Å². The number of aryl methyl sites for hydroxylation is 1. The van der Waals surface area contributed by atoms with Gasteiger partial charge in [0.1, 0.15) is 5.82 Å². The number of nitrogen functional groups attached to an aromatic ring is 1. The highest BCUT2D eigenvalue weighted by atomic mass is 15.3. The lowest BCUT2D eigenvalue weighted by Crippen LogP contribution is -2.57.